The molecular formula is C29H25Cl3N2O3S. The monoisotopic (exact) mass is 586 g/mol. The summed E-state index contributed by atoms with van der Waals surface area (Å²) >= 11 is 20.5. The molecule has 1 heterocycles. The van der Waals surface area contributed by atoms with Gasteiger partial charge in [0.05, 0.1) is 27.9 Å². The van der Waals surface area contributed by atoms with Crippen molar-refractivity contribution in [1.29, 1.82) is 0 Å². The predicted molar refractivity (Wildman–Crippen MR) is 161 cm³/mol. The van der Waals surface area contributed by atoms with Crippen LogP contribution in [0.1, 0.15) is 23.6 Å². The molecule has 0 aromatic heterocycles. The Morgan fingerprint density at radius 1 is 0.974 bits per heavy atom. The molecule has 3 aromatic carbocycles. The van der Waals surface area contributed by atoms with Crippen LogP contribution in [0, 0.1) is 13.8 Å². The quantitative estimate of drug-likeness (QED) is 0.195. The molecule has 0 bridgehead atoms. The third-order valence-electron chi connectivity index (χ3n) is 5.58. The summed E-state index contributed by atoms with van der Waals surface area (Å²) in [5.41, 5.74) is 3.77. The molecule has 0 atom stereocenters. The van der Waals surface area contributed by atoms with Gasteiger partial charge in [0.1, 0.15) is 6.61 Å². The summed E-state index contributed by atoms with van der Waals surface area (Å²) in [6.45, 7) is 10.1. The van der Waals surface area contributed by atoms with Crippen LogP contribution < -0.4 is 14.4 Å². The number of anilines is 1. The summed E-state index contributed by atoms with van der Waals surface area (Å²) in [6.07, 6.45) is 3.38. The first-order chi connectivity index (χ1) is 18.2. The number of carbonyl (C=O) groups excluding carboxylic acids is 1. The summed E-state index contributed by atoms with van der Waals surface area (Å²) in [4.78, 5) is 20.5. The Kier molecular flexibility index (Phi) is 9.11. The molecule has 5 nitrogen and oxygen atoms in total. The van der Waals surface area contributed by atoms with E-state index in [4.69, 9.17) is 49.3 Å². The minimum atomic E-state index is -0.243. The number of aryl methyl sites for hydroxylation is 2. The molecule has 0 N–H and O–H groups in total. The number of rotatable bonds is 8. The lowest BCUT2D eigenvalue weighted by molar-refractivity contribution is -0.113. The van der Waals surface area contributed by atoms with Crippen LogP contribution in [0.15, 0.2) is 71.1 Å². The van der Waals surface area contributed by atoms with Crippen LogP contribution in [-0.2, 0) is 4.79 Å². The molecule has 1 aliphatic rings. The van der Waals surface area contributed by atoms with E-state index < -0.39 is 0 Å². The van der Waals surface area contributed by atoms with Gasteiger partial charge in [-0.05, 0) is 91.7 Å². The number of hydrogen-bond donors (Lipinski definition) is 0. The molecule has 4 rings (SSSR count). The van der Waals surface area contributed by atoms with Crippen LogP contribution >= 0.6 is 46.6 Å². The first-order valence-electron chi connectivity index (χ1n) is 11.8. The van der Waals surface area contributed by atoms with E-state index >= 15 is 0 Å². The van der Waals surface area contributed by atoms with E-state index in [-0.39, 0.29) is 12.5 Å². The lowest BCUT2D eigenvalue weighted by Gasteiger charge is -2.17. The Morgan fingerprint density at radius 2 is 1.68 bits per heavy atom. The fraction of sp³-hybridized carbons (Fsp3) is 0.172. The maximum absolute atomic E-state index is 13.7. The summed E-state index contributed by atoms with van der Waals surface area (Å²) < 4.78 is 11.5. The molecule has 1 amide bonds. The number of thioether (sulfide) groups is 1. The molecule has 38 heavy (non-hydrogen) atoms. The number of ether oxygens (including phenoxy) is 2. The molecule has 0 unspecified atom stereocenters. The van der Waals surface area contributed by atoms with Crippen molar-refractivity contribution in [3.63, 3.8) is 0 Å². The van der Waals surface area contributed by atoms with Gasteiger partial charge in [-0.1, -0.05) is 59.6 Å². The Hall–Kier alpha value is -2.90. The third-order valence-corrected chi connectivity index (χ3v) is 7.64. The van der Waals surface area contributed by atoms with Gasteiger partial charge in [0.2, 0.25) is 0 Å². The number of benzene rings is 3. The summed E-state index contributed by atoms with van der Waals surface area (Å²) in [5, 5.41) is 1.99. The number of halogens is 3. The Morgan fingerprint density at radius 3 is 2.34 bits per heavy atom. The zero-order valence-electron chi connectivity index (χ0n) is 21.1. The van der Waals surface area contributed by atoms with Crippen molar-refractivity contribution in [2.75, 3.05) is 18.1 Å². The van der Waals surface area contributed by atoms with Crippen LogP contribution in [0.2, 0.25) is 15.1 Å². The number of amides is 1. The number of nitrogens with zero attached hydrogens (tertiary/aromatic N) is 2. The molecule has 0 aliphatic carbocycles. The van der Waals surface area contributed by atoms with E-state index in [0.717, 1.165) is 11.1 Å². The molecule has 0 saturated carbocycles. The van der Waals surface area contributed by atoms with Gasteiger partial charge in [-0.2, -0.15) is 0 Å². The minimum absolute atomic E-state index is 0.243. The first-order valence-corrected chi connectivity index (χ1v) is 13.7. The molecule has 9 heteroatoms. The maximum Gasteiger partial charge on any atom is 0.271 e. The van der Waals surface area contributed by atoms with Gasteiger partial charge in [0, 0.05) is 10.0 Å². The van der Waals surface area contributed by atoms with Crippen LogP contribution in [0.25, 0.3) is 6.08 Å². The molecule has 3 aromatic rings. The molecular weight excluding hydrogens is 563 g/mol. The summed E-state index contributed by atoms with van der Waals surface area (Å²) in [5.74, 6) is 0.665. The second-order valence-corrected chi connectivity index (χ2v) is 10.6. The fourth-order valence-electron chi connectivity index (χ4n) is 3.63. The summed E-state index contributed by atoms with van der Waals surface area (Å²) in [7, 11) is 0. The van der Waals surface area contributed by atoms with Gasteiger partial charge >= 0.3 is 0 Å². The van der Waals surface area contributed by atoms with Crippen molar-refractivity contribution >= 4 is 75.1 Å². The van der Waals surface area contributed by atoms with Crippen molar-refractivity contribution in [1.82, 2.24) is 0 Å². The van der Waals surface area contributed by atoms with E-state index in [0.29, 0.717) is 60.2 Å². The Balaban J connectivity index is 1.79. The highest BCUT2D eigenvalue weighted by molar-refractivity contribution is 8.19. The Labute approximate surface area is 241 Å². The topological polar surface area (TPSA) is 51.1 Å². The van der Waals surface area contributed by atoms with Crippen molar-refractivity contribution in [2.24, 2.45) is 4.99 Å². The highest BCUT2D eigenvalue weighted by Crippen LogP contribution is 2.41. The van der Waals surface area contributed by atoms with Crippen LogP contribution in [0.4, 0.5) is 11.4 Å². The van der Waals surface area contributed by atoms with Crippen LogP contribution in [0.5, 0.6) is 11.5 Å². The zero-order chi connectivity index (χ0) is 27.4. The van der Waals surface area contributed by atoms with Crippen LogP contribution in [-0.4, -0.2) is 24.3 Å². The largest absolute Gasteiger partial charge is 0.490 e. The van der Waals surface area contributed by atoms with Crippen molar-refractivity contribution in [3.8, 4) is 11.5 Å². The summed E-state index contributed by atoms with van der Waals surface area (Å²) in [6, 6.07) is 14.5. The average Bonchev–Trinajstić information content (AvgIpc) is 3.17. The van der Waals surface area contributed by atoms with E-state index in [9.17, 15) is 4.79 Å². The van der Waals surface area contributed by atoms with Gasteiger partial charge < -0.3 is 9.47 Å². The molecule has 1 aliphatic heterocycles. The second kappa shape index (κ2) is 12.3. The third kappa shape index (κ3) is 6.21. The number of hydrogen-bond acceptors (Lipinski definition) is 5. The van der Waals surface area contributed by atoms with E-state index in [1.807, 2.05) is 45.0 Å². The first kappa shape index (κ1) is 28.1. The Bertz CT molecular complexity index is 1470. The van der Waals surface area contributed by atoms with Gasteiger partial charge in [0.15, 0.2) is 16.7 Å². The molecule has 0 spiro atoms. The zero-order valence-corrected chi connectivity index (χ0v) is 24.1. The number of amidine groups is 1. The van der Waals surface area contributed by atoms with Gasteiger partial charge in [-0.15, -0.1) is 0 Å². The molecule has 196 valence electrons. The van der Waals surface area contributed by atoms with Gasteiger partial charge in [0.25, 0.3) is 5.91 Å². The highest BCUT2D eigenvalue weighted by Gasteiger charge is 2.35. The van der Waals surface area contributed by atoms with E-state index in [1.54, 1.807) is 41.3 Å². The SMILES string of the molecule is C=CCOc1c(Cl)cc(/C=C2/SC(=Nc3ccc(C)c(Cl)c3)N(c3ccc(C)c(Cl)c3)C2=O)cc1OCC. The number of carbonyl (C=O) groups is 1. The predicted octanol–water partition coefficient (Wildman–Crippen LogP) is 9.04. The maximum atomic E-state index is 13.7. The molecule has 1 saturated heterocycles. The van der Waals surface area contributed by atoms with Gasteiger partial charge in [-0.25, -0.2) is 4.99 Å². The average molecular weight is 588 g/mol. The van der Waals surface area contributed by atoms with E-state index in [1.165, 1.54) is 11.8 Å². The number of aliphatic imine (C=N–C) groups is 1. The van der Waals surface area contributed by atoms with Crippen LogP contribution in [0.3, 0.4) is 0 Å². The lowest BCUT2D eigenvalue weighted by atomic mass is 10.1. The molecule has 1 fully saturated rings. The standard InChI is InChI=1S/C29H25Cl3N2O3S/c1-5-11-37-27-24(32)12-19(13-25(27)36-6-2)14-26-28(35)34(21-10-8-18(4)23(31)16-21)29(38-26)33-20-9-7-17(3)22(30)15-20/h5,7-10,12-16H,1,6,11H2,2-4H3/b26-14+,33-29?. The molecule has 0 radical (unpaired) electrons. The highest BCUT2D eigenvalue weighted by atomic mass is 35.5. The second-order valence-electron chi connectivity index (χ2n) is 8.38. The smallest absolute Gasteiger partial charge is 0.271 e. The minimum Gasteiger partial charge on any atom is -0.490 e. The van der Waals surface area contributed by atoms with Crippen molar-refractivity contribution in [2.45, 2.75) is 20.8 Å². The lowest BCUT2D eigenvalue weighted by Crippen LogP contribution is -2.28. The van der Waals surface area contributed by atoms with Gasteiger partial charge in [-0.3, -0.25) is 9.69 Å². The van der Waals surface area contributed by atoms with E-state index in [2.05, 4.69) is 6.58 Å². The fourth-order valence-corrected chi connectivity index (χ4v) is 5.25. The van der Waals surface area contributed by atoms with Crippen molar-refractivity contribution in [3.05, 3.63) is 97.8 Å². The normalized spacial score (nSPS) is 15.4. The van der Waals surface area contributed by atoms with Crippen molar-refractivity contribution < 1.29 is 14.3 Å².